The SMILES string of the molecule is COc1ccccc1Nc1ncccc1C(=O)Nc1ccccc1C. The average Bonchev–Trinajstić information content (AvgIpc) is 2.64. The highest BCUT2D eigenvalue weighted by atomic mass is 16.5. The van der Waals surface area contributed by atoms with E-state index < -0.39 is 0 Å². The first-order chi connectivity index (χ1) is 12.2. The minimum atomic E-state index is -0.222. The lowest BCUT2D eigenvalue weighted by Gasteiger charge is -2.14. The molecule has 5 nitrogen and oxygen atoms in total. The van der Waals surface area contributed by atoms with Crippen LogP contribution in [0.4, 0.5) is 17.2 Å². The van der Waals surface area contributed by atoms with Crippen molar-refractivity contribution in [2.24, 2.45) is 0 Å². The summed E-state index contributed by atoms with van der Waals surface area (Å²) in [5.41, 5.74) is 2.98. The number of aryl methyl sites for hydroxylation is 1. The molecule has 25 heavy (non-hydrogen) atoms. The van der Waals surface area contributed by atoms with Crippen LogP contribution in [0, 0.1) is 6.92 Å². The predicted molar refractivity (Wildman–Crippen MR) is 99.6 cm³/mol. The van der Waals surface area contributed by atoms with Gasteiger partial charge in [-0.3, -0.25) is 4.79 Å². The van der Waals surface area contributed by atoms with Gasteiger partial charge in [0, 0.05) is 11.9 Å². The van der Waals surface area contributed by atoms with E-state index in [1.165, 1.54) is 0 Å². The van der Waals surface area contributed by atoms with E-state index in [-0.39, 0.29) is 5.91 Å². The highest BCUT2D eigenvalue weighted by Gasteiger charge is 2.14. The van der Waals surface area contributed by atoms with Crippen LogP contribution in [0.15, 0.2) is 66.9 Å². The number of nitrogens with zero attached hydrogens (tertiary/aromatic N) is 1. The molecule has 2 aromatic carbocycles. The average molecular weight is 333 g/mol. The number of hydrogen-bond acceptors (Lipinski definition) is 4. The van der Waals surface area contributed by atoms with E-state index >= 15 is 0 Å². The van der Waals surface area contributed by atoms with Gasteiger partial charge in [0.25, 0.3) is 5.91 Å². The summed E-state index contributed by atoms with van der Waals surface area (Å²) in [6, 6.07) is 18.6. The lowest BCUT2D eigenvalue weighted by Crippen LogP contribution is -2.15. The van der Waals surface area contributed by atoms with Gasteiger partial charge in [-0.25, -0.2) is 4.98 Å². The molecule has 0 fully saturated rings. The summed E-state index contributed by atoms with van der Waals surface area (Å²) in [5.74, 6) is 0.927. The number of hydrogen-bond donors (Lipinski definition) is 2. The van der Waals surface area contributed by atoms with Crippen LogP contribution in [0.1, 0.15) is 15.9 Å². The van der Waals surface area contributed by atoms with Crippen molar-refractivity contribution >= 4 is 23.1 Å². The van der Waals surface area contributed by atoms with Crippen molar-refractivity contribution in [1.82, 2.24) is 4.98 Å². The van der Waals surface area contributed by atoms with Gasteiger partial charge in [0.15, 0.2) is 0 Å². The quantitative estimate of drug-likeness (QED) is 0.727. The van der Waals surface area contributed by atoms with Gasteiger partial charge in [0.2, 0.25) is 0 Å². The first-order valence-electron chi connectivity index (χ1n) is 7.91. The third-order valence-corrected chi connectivity index (χ3v) is 3.81. The van der Waals surface area contributed by atoms with E-state index in [0.29, 0.717) is 17.1 Å². The summed E-state index contributed by atoms with van der Waals surface area (Å²) in [6.45, 7) is 1.95. The van der Waals surface area contributed by atoms with Crippen LogP contribution in [0.25, 0.3) is 0 Å². The second-order valence-electron chi connectivity index (χ2n) is 5.49. The predicted octanol–water partition coefficient (Wildman–Crippen LogP) is 4.39. The number of ether oxygens (including phenoxy) is 1. The van der Waals surface area contributed by atoms with Gasteiger partial charge in [-0.05, 0) is 42.8 Å². The fourth-order valence-electron chi connectivity index (χ4n) is 2.47. The summed E-state index contributed by atoms with van der Waals surface area (Å²) in [7, 11) is 1.60. The number of carbonyl (C=O) groups is 1. The van der Waals surface area contributed by atoms with Crippen molar-refractivity contribution in [3.05, 3.63) is 78.0 Å². The lowest BCUT2D eigenvalue weighted by molar-refractivity contribution is 0.102. The van der Waals surface area contributed by atoms with Crippen LogP contribution in [-0.4, -0.2) is 18.0 Å². The Morgan fingerprint density at radius 2 is 1.68 bits per heavy atom. The molecule has 3 aromatic rings. The number of carbonyl (C=O) groups excluding carboxylic acids is 1. The Kier molecular flexibility index (Phi) is 4.95. The number of rotatable bonds is 5. The van der Waals surface area contributed by atoms with Gasteiger partial charge in [-0.1, -0.05) is 30.3 Å². The minimum absolute atomic E-state index is 0.222. The highest BCUT2D eigenvalue weighted by Crippen LogP contribution is 2.28. The smallest absolute Gasteiger partial charge is 0.259 e. The number of benzene rings is 2. The Labute approximate surface area is 146 Å². The summed E-state index contributed by atoms with van der Waals surface area (Å²) >= 11 is 0. The fourth-order valence-corrected chi connectivity index (χ4v) is 2.47. The van der Waals surface area contributed by atoms with E-state index in [1.54, 1.807) is 25.4 Å². The fraction of sp³-hybridized carbons (Fsp3) is 0.100. The maximum absolute atomic E-state index is 12.7. The Hall–Kier alpha value is -3.34. The zero-order chi connectivity index (χ0) is 17.6. The molecule has 1 aromatic heterocycles. The number of pyridine rings is 1. The van der Waals surface area contributed by atoms with Crippen LogP contribution >= 0.6 is 0 Å². The van der Waals surface area contributed by atoms with Crippen LogP contribution in [0.3, 0.4) is 0 Å². The van der Waals surface area contributed by atoms with Gasteiger partial charge < -0.3 is 15.4 Å². The molecule has 1 heterocycles. The van der Waals surface area contributed by atoms with Crippen molar-refractivity contribution in [3.8, 4) is 5.75 Å². The highest BCUT2D eigenvalue weighted by molar-refractivity contribution is 6.08. The third-order valence-electron chi connectivity index (χ3n) is 3.81. The second-order valence-corrected chi connectivity index (χ2v) is 5.49. The molecule has 1 amide bonds. The van der Waals surface area contributed by atoms with Crippen molar-refractivity contribution < 1.29 is 9.53 Å². The second kappa shape index (κ2) is 7.49. The van der Waals surface area contributed by atoms with Crippen LogP contribution in [0.2, 0.25) is 0 Å². The first-order valence-corrected chi connectivity index (χ1v) is 7.91. The van der Waals surface area contributed by atoms with E-state index in [0.717, 1.165) is 16.9 Å². The molecular weight excluding hydrogens is 314 g/mol. The van der Waals surface area contributed by atoms with Crippen molar-refractivity contribution in [1.29, 1.82) is 0 Å². The number of anilines is 3. The van der Waals surface area contributed by atoms with E-state index in [9.17, 15) is 4.79 Å². The molecule has 0 aliphatic carbocycles. The monoisotopic (exact) mass is 333 g/mol. The van der Waals surface area contributed by atoms with Crippen LogP contribution in [0.5, 0.6) is 5.75 Å². The Balaban J connectivity index is 1.88. The number of methoxy groups -OCH3 is 1. The number of aromatic nitrogens is 1. The molecule has 3 rings (SSSR count). The number of para-hydroxylation sites is 3. The topological polar surface area (TPSA) is 63.2 Å². The molecule has 0 aliphatic heterocycles. The van der Waals surface area contributed by atoms with E-state index in [2.05, 4.69) is 15.6 Å². The van der Waals surface area contributed by atoms with Gasteiger partial charge in [0.05, 0.1) is 18.4 Å². The summed E-state index contributed by atoms with van der Waals surface area (Å²) in [4.78, 5) is 17.0. The maximum atomic E-state index is 12.7. The van der Waals surface area contributed by atoms with E-state index in [4.69, 9.17) is 4.74 Å². The number of amides is 1. The summed E-state index contributed by atoms with van der Waals surface area (Å²) in [6.07, 6.45) is 1.64. The molecule has 5 heteroatoms. The van der Waals surface area contributed by atoms with Gasteiger partial charge >= 0.3 is 0 Å². The molecule has 0 bridgehead atoms. The minimum Gasteiger partial charge on any atom is -0.495 e. The van der Waals surface area contributed by atoms with E-state index in [1.807, 2.05) is 55.5 Å². The molecule has 0 unspecified atom stereocenters. The largest absolute Gasteiger partial charge is 0.495 e. The standard InChI is InChI=1S/C20H19N3O2/c1-14-8-3-4-10-16(14)23-20(24)15-9-7-13-21-19(15)22-17-11-5-6-12-18(17)25-2/h3-13H,1-2H3,(H,21,22)(H,23,24). The van der Waals surface area contributed by atoms with Gasteiger partial charge in [-0.2, -0.15) is 0 Å². The first kappa shape index (κ1) is 16.5. The molecule has 0 radical (unpaired) electrons. The van der Waals surface area contributed by atoms with Crippen molar-refractivity contribution in [2.75, 3.05) is 17.7 Å². The molecule has 0 saturated carbocycles. The molecule has 0 atom stereocenters. The Morgan fingerprint density at radius 1 is 0.960 bits per heavy atom. The van der Waals surface area contributed by atoms with Crippen LogP contribution < -0.4 is 15.4 Å². The van der Waals surface area contributed by atoms with Gasteiger partial charge in [0.1, 0.15) is 11.6 Å². The molecule has 0 aliphatic rings. The lowest BCUT2D eigenvalue weighted by atomic mass is 10.1. The van der Waals surface area contributed by atoms with Crippen LogP contribution in [-0.2, 0) is 0 Å². The maximum Gasteiger partial charge on any atom is 0.259 e. The molecule has 0 spiro atoms. The molecule has 126 valence electrons. The molecular formula is C20H19N3O2. The number of nitrogens with one attached hydrogen (secondary N) is 2. The summed E-state index contributed by atoms with van der Waals surface area (Å²) < 4.78 is 5.34. The zero-order valence-electron chi connectivity index (χ0n) is 14.1. The Bertz CT molecular complexity index is 893. The van der Waals surface area contributed by atoms with Crippen molar-refractivity contribution in [2.45, 2.75) is 6.92 Å². The molecule has 2 N–H and O–H groups in total. The van der Waals surface area contributed by atoms with Crippen molar-refractivity contribution in [3.63, 3.8) is 0 Å². The third kappa shape index (κ3) is 3.77. The normalized spacial score (nSPS) is 10.2. The van der Waals surface area contributed by atoms with Gasteiger partial charge in [-0.15, -0.1) is 0 Å². The summed E-state index contributed by atoms with van der Waals surface area (Å²) in [5, 5.41) is 6.11. The molecule has 0 saturated heterocycles. The zero-order valence-corrected chi connectivity index (χ0v) is 14.1. The Morgan fingerprint density at radius 3 is 2.44 bits per heavy atom.